The highest BCUT2D eigenvalue weighted by molar-refractivity contribution is 8.05. The molecule has 1 fully saturated rings. The van der Waals surface area contributed by atoms with Gasteiger partial charge in [-0.2, -0.15) is 0 Å². The lowest BCUT2D eigenvalue weighted by Gasteiger charge is -2.08. The van der Waals surface area contributed by atoms with Crippen molar-refractivity contribution in [1.82, 2.24) is 0 Å². The quantitative estimate of drug-likeness (QED) is 0.633. The monoisotopic (exact) mass is 277 g/mol. The molecule has 0 aliphatic carbocycles. The minimum absolute atomic E-state index is 0.535. The van der Waals surface area contributed by atoms with E-state index in [0.29, 0.717) is 10.9 Å². The van der Waals surface area contributed by atoms with E-state index in [0.717, 1.165) is 0 Å². The lowest BCUT2D eigenvalue weighted by atomic mass is 10.1. The van der Waals surface area contributed by atoms with E-state index < -0.39 is 0 Å². The second-order valence-electron chi connectivity index (χ2n) is 5.08. The van der Waals surface area contributed by atoms with E-state index in [1.54, 1.807) is 4.91 Å². The fourth-order valence-electron chi connectivity index (χ4n) is 2.20. The highest BCUT2D eigenvalue weighted by Gasteiger charge is 2.30. The molecule has 0 radical (unpaired) electrons. The van der Waals surface area contributed by atoms with Gasteiger partial charge in [-0.15, -0.1) is 0 Å². The van der Waals surface area contributed by atoms with Crippen LogP contribution in [0.2, 0.25) is 0 Å². The fourth-order valence-corrected chi connectivity index (χ4v) is 4.82. The summed E-state index contributed by atoms with van der Waals surface area (Å²) in [5.74, 6) is 2.82. The summed E-state index contributed by atoms with van der Waals surface area (Å²) in [6, 6.07) is 8.78. The Morgan fingerprint density at radius 1 is 1.11 bits per heavy atom. The summed E-state index contributed by atoms with van der Waals surface area (Å²) in [4.78, 5) is 1.60. The largest absolute Gasteiger partial charge is 0.158 e. The maximum atomic E-state index is 2.33. The average Bonchev–Trinajstić information content (AvgIpc) is 2.96. The topological polar surface area (TPSA) is 0 Å². The molecule has 1 saturated heterocycles. The van der Waals surface area contributed by atoms with Crippen LogP contribution in [0.3, 0.4) is 0 Å². The highest BCUT2D eigenvalue weighted by Crippen LogP contribution is 2.31. The summed E-state index contributed by atoms with van der Waals surface area (Å²) in [5.41, 5.74) is 2.90. The molecule has 1 heteroatoms. The number of hydrogen-bond acceptors (Lipinski definition) is 0. The van der Waals surface area contributed by atoms with Crippen molar-refractivity contribution >= 4 is 15.8 Å². The van der Waals surface area contributed by atoms with Crippen molar-refractivity contribution in [2.45, 2.75) is 53.4 Å². The number of benzene rings is 1. The van der Waals surface area contributed by atoms with Gasteiger partial charge >= 0.3 is 0 Å². The molecule has 0 saturated carbocycles. The van der Waals surface area contributed by atoms with Crippen molar-refractivity contribution in [3.63, 3.8) is 0 Å². The normalized spacial score (nSPS) is 16.1. The highest BCUT2D eigenvalue weighted by atomic mass is 32.2. The van der Waals surface area contributed by atoms with Crippen LogP contribution >= 0.6 is 0 Å². The Morgan fingerprint density at radius 3 is 2.16 bits per heavy atom. The lowest BCUT2D eigenvalue weighted by molar-refractivity contribution is 0.886. The average molecular weight is 277 g/mol. The predicted octanol–water partition coefficient (Wildman–Crippen LogP) is 5.57. The molecule has 2 rings (SSSR count). The lowest BCUT2D eigenvalue weighted by Crippen LogP contribution is -2.06. The summed E-state index contributed by atoms with van der Waals surface area (Å²) in [6.07, 6.45) is 7.81. The number of rotatable bonds is 3. The van der Waals surface area contributed by atoms with Gasteiger partial charge in [0.25, 0.3) is 0 Å². The standard InChI is InChI=1S/C14H19S.C4H10/c1-3-14(15-10-6-7-11-15)13-9-5-4-8-12(13)2;1-3-4-2/h3-5,8-9H,6-7,10-11H2,1-2H3;3-4H2,1-2H3/q+1;/b14-3+;. The first kappa shape index (κ1) is 16.4. The smallest absolute Gasteiger partial charge is 0.0654 e. The van der Waals surface area contributed by atoms with Crippen molar-refractivity contribution in [3.05, 3.63) is 41.5 Å². The number of allylic oxidation sites excluding steroid dienone is 1. The van der Waals surface area contributed by atoms with Gasteiger partial charge in [0, 0.05) is 16.5 Å². The molecule has 106 valence electrons. The third-order valence-electron chi connectivity index (χ3n) is 3.52. The number of aryl methyl sites for hydroxylation is 1. The molecule has 0 amide bonds. The molecular weight excluding hydrogens is 248 g/mol. The van der Waals surface area contributed by atoms with Gasteiger partial charge in [-0.25, -0.2) is 0 Å². The van der Waals surface area contributed by atoms with Gasteiger partial charge in [0.2, 0.25) is 0 Å². The van der Waals surface area contributed by atoms with Gasteiger partial charge < -0.3 is 0 Å². The Labute approximate surface area is 122 Å². The Balaban J connectivity index is 0.000000399. The molecule has 1 aliphatic heterocycles. The summed E-state index contributed by atoms with van der Waals surface area (Å²) in [6.45, 7) is 8.77. The molecule has 0 bridgehead atoms. The zero-order valence-corrected chi connectivity index (χ0v) is 13.9. The van der Waals surface area contributed by atoms with E-state index >= 15 is 0 Å². The Kier molecular flexibility index (Phi) is 7.97. The summed E-state index contributed by atoms with van der Waals surface area (Å²) in [7, 11) is 0.535. The molecule has 19 heavy (non-hydrogen) atoms. The molecule has 1 aliphatic rings. The van der Waals surface area contributed by atoms with Crippen LogP contribution in [0.25, 0.3) is 4.91 Å². The zero-order valence-electron chi connectivity index (χ0n) is 13.0. The first-order valence-corrected chi connectivity index (χ1v) is 9.20. The molecule has 0 unspecified atom stereocenters. The summed E-state index contributed by atoms with van der Waals surface area (Å²) < 4.78 is 0. The molecule has 1 aromatic carbocycles. The third kappa shape index (κ3) is 5.06. The van der Waals surface area contributed by atoms with Gasteiger partial charge in [0.05, 0.1) is 0 Å². The SMILES string of the molecule is C/C=C(\c1ccccc1C)[S+]1CCCC1.CCCC. The fraction of sp³-hybridized carbons (Fsp3) is 0.556. The predicted molar refractivity (Wildman–Crippen MR) is 91.7 cm³/mol. The van der Waals surface area contributed by atoms with Crippen LogP contribution in [-0.2, 0) is 10.9 Å². The van der Waals surface area contributed by atoms with Gasteiger partial charge in [-0.05, 0) is 44.4 Å². The van der Waals surface area contributed by atoms with E-state index in [4.69, 9.17) is 0 Å². The molecule has 0 N–H and O–H groups in total. The van der Waals surface area contributed by atoms with Crippen LogP contribution in [0.5, 0.6) is 0 Å². The van der Waals surface area contributed by atoms with Gasteiger partial charge in [-0.3, -0.25) is 0 Å². The van der Waals surface area contributed by atoms with Gasteiger partial charge in [-0.1, -0.05) is 44.9 Å². The van der Waals surface area contributed by atoms with Crippen LogP contribution in [0.4, 0.5) is 0 Å². The van der Waals surface area contributed by atoms with Gasteiger partial charge in [0.1, 0.15) is 11.5 Å². The van der Waals surface area contributed by atoms with E-state index in [1.165, 1.54) is 48.3 Å². The molecule has 1 aromatic rings. The Morgan fingerprint density at radius 2 is 1.68 bits per heavy atom. The zero-order chi connectivity index (χ0) is 14.1. The maximum absolute atomic E-state index is 2.33. The second kappa shape index (κ2) is 9.25. The van der Waals surface area contributed by atoms with E-state index in [9.17, 15) is 0 Å². The minimum atomic E-state index is 0.535. The van der Waals surface area contributed by atoms with Crippen molar-refractivity contribution in [2.24, 2.45) is 0 Å². The van der Waals surface area contributed by atoms with Crippen LogP contribution in [-0.4, -0.2) is 11.5 Å². The summed E-state index contributed by atoms with van der Waals surface area (Å²) >= 11 is 0. The number of unbranched alkanes of at least 4 members (excludes halogenated alkanes) is 1. The summed E-state index contributed by atoms with van der Waals surface area (Å²) in [5, 5.41) is 0. The first-order chi connectivity index (χ1) is 9.24. The number of hydrogen-bond donors (Lipinski definition) is 0. The minimum Gasteiger partial charge on any atom is -0.0654 e. The van der Waals surface area contributed by atoms with Crippen molar-refractivity contribution in [3.8, 4) is 0 Å². The first-order valence-electron chi connectivity index (χ1n) is 7.64. The van der Waals surface area contributed by atoms with Crippen molar-refractivity contribution in [1.29, 1.82) is 0 Å². The van der Waals surface area contributed by atoms with Crippen LogP contribution in [0, 0.1) is 6.92 Å². The van der Waals surface area contributed by atoms with E-state index in [2.05, 4.69) is 58.0 Å². The Hall–Kier alpha value is -0.690. The second-order valence-corrected chi connectivity index (χ2v) is 7.32. The molecule has 0 atom stereocenters. The third-order valence-corrected chi connectivity index (χ3v) is 6.16. The van der Waals surface area contributed by atoms with Gasteiger partial charge in [0.15, 0.2) is 4.91 Å². The molecule has 0 spiro atoms. The van der Waals surface area contributed by atoms with Crippen molar-refractivity contribution < 1.29 is 0 Å². The molecular formula is C18H29S+. The molecule has 1 heterocycles. The molecule has 0 aromatic heterocycles. The maximum Gasteiger partial charge on any atom is 0.158 e. The Bertz CT molecular complexity index is 384. The molecule has 0 nitrogen and oxygen atoms in total. The van der Waals surface area contributed by atoms with Crippen LogP contribution in [0.1, 0.15) is 57.6 Å². The van der Waals surface area contributed by atoms with E-state index in [-0.39, 0.29) is 0 Å². The van der Waals surface area contributed by atoms with Crippen molar-refractivity contribution in [2.75, 3.05) is 11.5 Å². The van der Waals surface area contributed by atoms with Crippen LogP contribution in [0.15, 0.2) is 30.3 Å². The van der Waals surface area contributed by atoms with E-state index in [1.807, 2.05) is 0 Å². The van der Waals surface area contributed by atoms with Crippen LogP contribution < -0.4 is 0 Å².